The number of nitrogens with zero attached hydrogens (tertiary/aromatic N) is 1. The topological polar surface area (TPSA) is 49.4 Å². The predicted octanol–water partition coefficient (Wildman–Crippen LogP) is 4.51. The first-order valence-electron chi connectivity index (χ1n) is 9.40. The summed E-state index contributed by atoms with van der Waals surface area (Å²) in [5.41, 5.74) is 1.63. The van der Waals surface area contributed by atoms with Crippen molar-refractivity contribution in [1.82, 2.24) is 10.2 Å². The molecule has 1 aliphatic heterocycles. The van der Waals surface area contributed by atoms with Crippen molar-refractivity contribution in [2.75, 3.05) is 13.1 Å². The first-order chi connectivity index (χ1) is 13.0. The van der Waals surface area contributed by atoms with E-state index in [-0.39, 0.29) is 23.8 Å². The van der Waals surface area contributed by atoms with Gasteiger partial charge in [0, 0.05) is 36.2 Å². The summed E-state index contributed by atoms with van der Waals surface area (Å²) >= 11 is 0. The number of Topliss-reactive ketones (excluding diaryl/α,β-unsaturated/α-hetero) is 1. The van der Waals surface area contributed by atoms with Crippen LogP contribution in [0.15, 0.2) is 48.5 Å². The van der Waals surface area contributed by atoms with Gasteiger partial charge in [-0.15, -0.1) is 0 Å². The quantitative estimate of drug-likeness (QED) is 0.808. The maximum absolute atomic E-state index is 14.6. The van der Waals surface area contributed by atoms with Crippen LogP contribution in [0.25, 0.3) is 11.1 Å². The van der Waals surface area contributed by atoms with E-state index in [1.807, 2.05) is 44.2 Å². The summed E-state index contributed by atoms with van der Waals surface area (Å²) in [5.74, 6) is -0.800. The molecule has 2 aromatic rings. The van der Waals surface area contributed by atoms with Gasteiger partial charge in [-0.3, -0.25) is 4.79 Å². The molecule has 1 aliphatic rings. The highest BCUT2D eigenvalue weighted by molar-refractivity contribution is 5.98. The fourth-order valence-corrected chi connectivity index (χ4v) is 3.47. The molecule has 2 amide bonds. The molecule has 0 aromatic heterocycles. The van der Waals surface area contributed by atoms with Crippen LogP contribution in [0.3, 0.4) is 0 Å². The largest absolute Gasteiger partial charge is 0.336 e. The minimum atomic E-state index is -0.405. The molecule has 0 spiro atoms. The normalized spacial score (nSPS) is 17.0. The molecule has 0 radical (unpaired) electrons. The number of halogens is 1. The van der Waals surface area contributed by atoms with Crippen molar-refractivity contribution < 1.29 is 14.0 Å². The Morgan fingerprint density at radius 3 is 2.56 bits per heavy atom. The molecule has 5 heteroatoms. The number of hydrogen-bond donors (Lipinski definition) is 1. The van der Waals surface area contributed by atoms with Crippen molar-refractivity contribution in [1.29, 1.82) is 0 Å². The number of hydrogen-bond acceptors (Lipinski definition) is 2. The van der Waals surface area contributed by atoms with Crippen molar-refractivity contribution >= 4 is 11.8 Å². The van der Waals surface area contributed by atoms with E-state index in [2.05, 4.69) is 5.32 Å². The first-order valence-corrected chi connectivity index (χ1v) is 9.40. The SMILES string of the molecule is CC(C)NC(=O)N1CCC[C@@H](C(=O)c2ccc(-c3ccccc3)c(F)c2)C1. The van der Waals surface area contributed by atoms with Gasteiger partial charge in [-0.1, -0.05) is 42.5 Å². The van der Waals surface area contributed by atoms with Crippen LogP contribution in [0.4, 0.5) is 9.18 Å². The summed E-state index contributed by atoms with van der Waals surface area (Å²) in [7, 11) is 0. The van der Waals surface area contributed by atoms with E-state index in [0.29, 0.717) is 30.6 Å². The Kier molecular flexibility index (Phi) is 5.89. The van der Waals surface area contributed by atoms with Crippen LogP contribution in [0.1, 0.15) is 37.0 Å². The fourth-order valence-electron chi connectivity index (χ4n) is 3.47. The number of ketones is 1. The Hall–Kier alpha value is -2.69. The van der Waals surface area contributed by atoms with Gasteiger partial charge < -0.3 is 10.2 Å². The standard InChI is InChI=1S/C22H25FN2O2/c1-15(2)24-22(27)25-12-6-9-18(14-25)21(26)17-10-11-19(20(23)13-17)16-7-4-3-5-8-16/h3-5,7-8,10-11,13,15,18H,6,9,12,14H2,1-2H3,(H,24,27)/t18-/m1/s1. The molecule has 1 saturated heterocycles. The van der Waals surface area contributed by atoms with Crippen LogP contribution in [0.2, 0.25) is 0 Å². The third-order valence-electron chi connectivity index (χ3n) is 4.83. The zero-order valence-electron chi connectivity index (χ0n) is 15.7. The average molecular weight is 368 g/mol. The molecule has 1 N–H and O–H groups in total. The molecule has 1 fully saturated rings. The highest BCUT2D eigenvalue weighted by Crippen LogP contribution is 2.26. The highest BCUT2D eigenvalue weighted by atomic mass is 19.1. The molecule has 3 rings (SSSR count). The minimum Gasteiger partial charge on any atom is -0.336 e. The molecule has 1 heterocycles. The molecule has 2 aromatic carbocycles. The van der Waals surface area contributed by atoms with E-state index in [1.165, 1.54) is 6.07 Å². The van der Waals surface area contributed by atoms with Crippen LogP contribution in [0.5, 0.6) is 0 Å². The monoisotopic (exact) mass is 368 g/mol. The second kappa shape index (κ2) is 8.33. The lowest BCUT2D eigenvalue weighted by Gasteiger charge is -2.32. The molecule has 0 saturated carbocycles. The molecule has 27 heavy (non-hydrogen) atoms. The van der Waals surface area contributed by atoms with E-state index < -0.39 is 5.82 Å². The van der Waals surface area contributed by atoms with Gasteiger partial charge in [0.25, 0.3) is 0 Å². The maximum atomic E-state index is 14.6. The second-order valence-corrected chi connectivity index (χ2v) is 7.31. The third-order valence-corrected chi connectivity index (χ3v) is 4.83. The van der Waals surface area contributed by atoms with Crippen molar-refractivity contribution in [3.8, 4) is 11.1 Å². The van der Waals surface area contributed by atoms with Gasteiger partial charge in [0.1, 0.15) is 5.82 Å². The molecule has 0 aliphatic carbocycles. The highest BCUT2D eigenvalue weighted by Gasteiger charge is 2.29. The molecule has 0 unspecified atom stereocenters. The van der Waals surface area contributed by atoms with Gasteiger partial charge >= 0.3 is 6.03 Å². The molecule has 1 atom stereocenters. The van der Waals surface area contributed by atoms with Gasteiger partial charge in [0.05, 0.1) is 0 Å². The molecule has 142 valence electrons. The van der Waals surface area contributed by atoms with Crippen molar-refractivity contribution in [2.45, 2.75) is 32.7 Å². The minimum absolute atomic E-state index is 0.0493. The first kappa shape index (κ1) is 19.1. The zero-order chi connectivity index (χ0) is 19.4. The van der Waals surface area contributed by atoms with Gasteiger partial charge in [0.2, 0.25) is 0 Å². The maximum Gasteiger partial charge on any atom is 0.317 e. The van der Waals surface area contributed by atoms with E-state index in [1.54, 1.807) is 17.0 Å². The lowest BCUT2D eigenvalue weighted by molar-refractivity contribution is 0.0844. The summed E-state index contributed by atoms with van der Waals surface area (Å²) in [6.07, 6.45) is 1.48. The number of likely N-dealkylation sites (tertiary alicyclic amines) is 1. The second-order valence-electron chi connectivity index (χ2n) is 7.31. The van der Waals surface area contributed by atoms with Gasteiger partial charge in [0.15, 0.2) is 5.78 Å². The summed E-state index contributed by atoms with van der Waals surface area (Å²) in [5, 5.41) is 2.86. The number of urea groups is 1. The van der Waals surface area contributed by atoms with Crippen molar-refractivity contribution in [2.24, 2.45) is 5.92 Å². The van der Waals surface area contributed by atoms with Crippen LogP contribution in [-0.2, 0) is 0 Å². The average Bonchev–Trinajstić information content (AvgIpc) is 2.67. The lowest BCUT2D eigenvalue weighted by Crippen LogP contribution is -2.48. The number of nitrogens with one attached hydrogen (secondary N) is 1. The Morgan fingerprint density at radius 2 is 1.89 bits per heavy atom. The Bertz CT molecular complexity index is 820. The summed E-state index contributed by atoms with van der Waals surface area (Å²) < 4.78 is 14.6. The van der Waals surface area contributed by atoms with Crippen LogP contribution < -0.4 is 5.32 Å². The Balaban J connectivity index is 1.74. The van der Waals surface area contributed by atoms with Crippen LogP contribution in [-0.4, -0.2) is 35.8 Å². The van der Waals surface area contributed by atoms with E-state index in [0.717, 1.165) is 12.0 Å². The molecule has 0 bridgehead atoms. The number of carbonyl (C=O) groups is 2. The third kappa shape index (κ3) is 4.54. The number of benzene rings is 2. The zero-order valence-corrected chi connectivity index (χ0v) is 15.7. The van der Waals surface area contributed by atoms with Crippen LogP contribution >= 0.6 is 0 Å². The smallest absolute Gasteiger partial charge is 0.317 e. The van der Waals surface area contributed by atoms with Gasteiger partial charge in [-0.05, 0) is 38.3 Å². The predicted molar refractivity (Wildman–Crippen MR) is 104 cm³/mol. The van der Waals surface area contributed by atoms with Crippen molar-refractivity contribution in [3.63, 3.8) is 0 Å². The fraction of sp³-hybridized carbons (Fsp3) is 0.364. The van der Waals surface area contributed by atoms with E-state index in [4.69, 9.17) is 0 Å². The Morgan fingerprint density at radius 1 is 1.15 bits per heavy atom. The van der Waals surface area contributed by atoms with Gasteiger partial charge in [-0.25, -0.2) is 9.18 Å². The lowest BCUT2D eigenvalue weighted by atomic mass is 9.89. The molecular weight excluding hydrogens is 343 g/mol. The van der Waals surface area contributed by atoms with E-state index in [9.17, 15) is 14.0 Å². The number of piperidine rings is 1. The van der Waals surface area contributed by atoms with Crippen LogP contribution in [0, 0.1) is 11.7 Å². The molecular formula is C22H25FN2O2. The van der Waals surface area contributed by atoms with Gasteiger partial charge in [-0.2, -0.15) is 0 Å². The number of carbonyl (C=O) groups excluding carboxylic acids is 2. The summed E-state index contributed by atoms with van der Waals surface area (Å²) in [4.78, 5) is 26.8. The van der Waals surface area contributed by atoms with E-state index >= 15 is 0 Å². The van der Waals surface area contributed by atoms with Crippen molar-refractivity contribution in [3.05, 3.63) is 59.9 Å². The summed E-state index contributed by atoms with van der Waals surface area (Å²) in [6.45, 7) is 4.83. The summed E-state index contributed by atoms with van der Waals surface area (Å²) in [6, 6.07) is 13.8. The number of amides is 2. The molecule has 4 nitrogen and oxygen atoms in total. The number of rotatable bonds is 4. The Labute approximate surface area is 159 Å².